The molecule has 0 aromatic carbocycles. The summed E-state index contributed by atoms with van der Waals surface area (Å²) in [5.74, 6) is 0. The van der Waals surface area contributed by atoms with Crippen LogP contribution in [0.15, 0.2) is 0 Å². The molecule has 0 fully saturated rings. The number of ether oxygens (including phenoxy) is 6. The maximum Gasteiger partial charge on any atom is 0.0704 e. The molecule has 0 aromatic rings. The van der Waals surface area contributed by atoms with Crippen LogP contribution in [-0.2, 0) is 28.4 Å². The number of hydrogen-bond donors (Lipinski definition) is 0. The lowest BCUT2D eigenvalue weighted by Gasteiger charge is -2.13. The molecule has 0 bridgehead atoms. The average Bonchev–Trinajstić information content (AvgIpc) is 2.86. The van der Waals surface area contributed by atoms with Gasteiger partial charge in [0.1, 0.15) is 0 Å². The van der Waals surface area contributed by atoms with Crippen LogP contribution >= 0.6 is 0 Å². The van der Waals surface area contributed by atoms with Gasteiger partial charge < -0.3 is 28.4 Å². The Kier molecular flexibility index (Phi) is 31.6. The molecule has 0 amide bonds. The fourth-order valence-electron chi connectivity index (χ4n) is 3.58. The van der Waals surface area contributed by atoms with Gasteiger partial charge in [0.2, 0.25) is 0 Å². The molecule has 1 atom stereocenters. The molecule has 35 heavy (non-hydrogen) atoms. The maximum absolute atomic E-state index is 5.65. The molecule has 0 aliphatic heterocycles. The first-order valence-electron chi connectivity index (χ1n) is 14.6. The molecular weight excluding hydrogens is 444 g/mol. The quantitative estimate of drug-likeness (QED) is 0.0971. The normalized spacial score (nSPS) is 12.4. The minimum Gasteiger partial charge on any atom is -0.379 e. The van der Waals surface area contributed by atoms with E-state index in [4.69, 9.17) is 28.4 Å². The van der Waals surface area contributed by atoms with Crippen LogP contribution in [0.25, 0.3) is 0 Å². The monoisotopic (exact) mass is 503 g/mol. The highest BCUT2D eigenvalue weighted by atomic mass is 16.6. The Morgan fingerprint density at radius 2 is 0.743 bits per heavy atom. The number of unbranched alkanes of at least 4 members (excludes halogenated alkanes) is 11. The molecule has 1 radical (unpaired) electrons. The topological polar surface area (TPSA) is 55.4 Å². The van der Waals surface area contributed by atoms with E-state index in [-0.39, 0.29) is 6.10 Å². The van der Waals surface area contributed by atoms with Crippen LogP contribution in [0.1, 0.15) is 104 Å². The molecule has 211 valence electrons. The first kappa shape index (κ1) is 34.8. The first-order chi connectivity index (χ1) is 17.3. The van der Waals surface area contributed by atoms with Gasteiger partial charge in [-0.25, -0.2) is 0 Å². The number of rotatable bonds is 31. The molecule has 0 aliphatic carbocycles. The molecule has 0 heterocycles. The second-order valence-corrected chi connectivity index (χ2v) is 9.23. The van der Waals surface area contributed by atoms with Gasteiger partial charge in [-0.15, -0.1) is 0 Å². The smallest absolute Gasteiger partial charge is 0.0704 e. The molecule has 6 heteroatoms. The van der Waals surface area contributed by atoms with Crippen LogP contribution in [0.4, 0.5) is 0 Å². The van der Waals surface area contributed by atoms with E-state index in [1.807, 2.05) is 0 Å². The van der Waals surface area contributed by atoms with Crippen LogP contribution in [-0.4, -0.2) is 78.8 Å². The third-order valence-corrected chi connectivity index (χ3v) is 5.82. The van der Waals surface area contributed by atoms with Gasteiger partial charge in [0.25, 0.3) is 0 Å². The van der Waals surface area contributed by atoms with Crippen LogP contribution in [0.3, 0.4) is 0 Å². The summed E-state index contributed by atoms with van der Waals surface area (Å²) < 4.78 is 33.5. The minimum absolute atomic E-state index is 0.0801. The highest BCUT2D eigenvalue weighted by molar-refractivity contribution is 4.59. The summed E-state index contributed by atoms with van der Waals surface area (Å²) in [6, 6.07) is 0. The van der Waals surface area contributed by atoms with E-state index in [0.717, 1.165) is 32.5 Å². The Hall–Kier alpha value is -0.240. The van der Waals surface area contributed by atoms with Gasteiger partial charge in [-0.05, 0) is 26.2 Å². The zero-order valence-electron chi connectivity index (χ0n) is 23.4. The Morgan fingerprint density at radius 1 is 0.400 bits per heavy atom. The molecule has 0 N–H and O–H groups in total. The zero-order chi connectivity index (χ0) is 25.5. The second kappa shape index (κ2) is 31.8. The molecule has 0 aromatic heterocycles. The van der Waals surface area contributed by atoms with Gasteiger partial charge in [0.15, 0.2) is 0 Å². The van der Waals surface area contributed by atoms with E-state index in [1.54, 1.807) is 0 Å². The standard InChI is InChI=1S/C29H59O6/c1-4-6-8-10-12-14-16-19-30-21-24-33-26-23-32-20-17-29(3)35-28-27-34-25-22-31-18-15-13-11-9-7-5-2/h29H,3-28H2,1-2H3. The Labute approximate surface area is 218 Å². The second-order valence-electron chi connectivity index (χ2n) is 9.23. The van der Waals surface area contributed by atoms with Crippen LogP contribution in [0, 0.1) is 6.92 Å². The molecule has 0 spiro atoms. The van der Waals surface area contributed by atoms with Gasteiger partial charge in [0.05, 0.1) is 59.0 Å². The van der Waals surface area contributed by atoms with E-state index in [1.165, 1.54) is 70.6 Å². The van der Waals surface area contributed by atoms with Crippen molar-refractivity contribution in [1.82, 2.24) is 0 Å². The fourth-order valence-corrected chi connectivity index (χ4v) is 3.58. The SMILES string of the molecule is [CH2]C(CCOCCOCCOCCCCCCCCC)OCCOCCOCCCCCCCC. The third-order valence-electron chi connectivity index (χ3n) is 5.82. The zero-order valence-corrected chi connectivity index (χ0v) is 23.4. The van der Waals surface area contributed by atoms with Crippen molar-refractivity contribution in [2.24, 2.45) is 0 Å². The molecule has 6 nitrogen and oxygen atoms in total. The summed E-state index contributed by atoms with van der Waals surface area (Å²) in [5.41, 5.74) is 0. The van der Waals surface area contributed by atoms with Gasteiger partial charge in [-0.3, -0.25) is 0 Å². The summed E-state index contributed by atoms with van der Waals surface area (Å²) >= 11 is 0. The van der Waals surface area contributed by atoms with Gasteiger partial charge in [-0.2, -0.15) is 0 Å². The lowest BCUT2D eigenvalue weighted by molar-refractivity contribution is -0.0159. The lowest BCUT2D eigenvalue weighted by Crippen LogP contribution is -2.17. The largest absolute Gasteiger partial charge is 0.379 e. The molecule has 0 saturated heterocycles. The first-order valence-corrected chi connectivity index (χ1v) is 14.6. The van der Waals surface area contributed by atoms with Gasteiger partial charge >= 0.3 is 0 Å². The van der Waals surface area contributed by atoms with Crippen LogP contribution in [0.5, 0.6) is 0 Å². The third kappa shape index (κ3) is 31.7. The van der Waals surface area contributed by atoms with Crippen molar-refractivity contribution < 1.29 is 28.4 Å². The Balaban J connectivity index is 3.13. The van der Waals surface area contributed by atoms with Crippen molar-refractivity contribution in [2.75, 3.05) is 72.7 Å². The molecule has 0 rings (SSSR count). The highest BCUT2D eigenvalue weighted by Crippen LogP contribution is 2.07. The molecule has 0 saturated carbocycles. The number of hydrogen-bond acceptors (Lipinski definition) is 6. The Morgan fingerprint density at radius 3 is 1.20 bits per heavy atom. The van der Waals surface area contributed by atoms with E-state index in [9.17, 15) is 0 Å². The van der Waals surface area contributed by atoms with Gasteiger partial charge in [0, 0.05) is 19.8 Å². The predicted molar refractivity (Wildman–Crippen MR) is 145 cm³/mol. The molecular formula is C29H59O6. The summed E-state index contributed by atoms with van der Waals surface area (Å²) in [5, 5.41) is 0. The summed E-state index contributed by atoms with van der Waals surface area (Å²) in [7, 11) is 0. The van der Waals surface area contributed by atoms with Crippen molar-refractivity contribution >= 4 is 0 Å². The fraction of sp³-hybridized carbons (Fsp3) is 0.966. The Bertz CT molecular complexity index is 369. The maximum atomic E-state index is 5.65. The summed E-state index contributed by atoms with van der Waals surface area (Å²) in [6.07, 6.45) is 17.6. The van der Waals surface area contributed by atoms with Crippen molar-refractivity contribution in [3.05, 3.63) is 6.92 Å². The van der Waals surface area contributed by atoms with Gasteiger partial charge in [-0.1, -0.05) is 84.5 Å². The summed E-state index contributed by atoms with van der Waals surface area (Å²) in [4.78, 5) is 0. The average molecular weight is 504 g/mol. The van der Waals surface area contributed by atoms with Crippen LogP contribution in [0.2, 0.25) is 0 Å². The van der Waals surface area contributed by atoms with Crippen molar-refractivity contribution in [2.45, 2.75) is 110 Å². The summed E-state index contributed by atoms with van der Waals surface area (Å²) in [6.45, 7) is 15.7. The van der Waals surface area contributed by atoms with Crippen LogP contribution < -0.4 is 0 Å². The van der Waals surface area contributed by atoms with Crippen molar-refractivity contribution in [3.8, 4) is 0 Å². The van der Waals surface area contributed by atoms with E-state index < -0.39 is 0 Å². The van der Waals surface area contributed by atoms with Crippen molar-refractivity contribution in [1.29, 1.82) is 0 Å². The molecule has 0 aliphatic rings. The van der Waals surface area contributed by atoms with E-state index in [2.05, 4.69) is 20.8 Å². The highest BCUT2D eigenvalue weighted by Gasteiger charge is 2.02. The van der Waals surface area contributed by atoms with Crippen molar-refractivity contribution in [3.63, 3.8) is 0 Å². The lowest BCUT2D eigenvalue weighted by atomic mass is 10.1. The predicted octanol–water partition coefficient (Wildman–Crippen LogP) is 6.79. The van der Waals surface area contributed by atoms with E-state index >= 15 is 0 Å². The van der Waals surface area contributed by atoms with E-state index in [0.29, 0.717) is 59.5 Å². The molecule has 1 unspecified atom stereocenters. The minimum atomic E-state index is -0.0801.